The van der Waals surface area contributed by atoms with Crippen molar-refractivity contribution in [3.63, 3.8) is 0 Å². The summed E-state index contributed by atoms with van der Waals surface area (Å²) in [5, 5.41) is 13.9. The molecule has 5 aromatic carbocycles. The first-order chi connectivity index (χ1) is 30.6. The van der Waals surface area contributed by atoms with Crippen LogP contribution in [0.5, 0.6) is 0 Å². The summed E-state index contributed by atoms with van der Waals surface area (Å²) in [5.41, 5.74) is 7.45. The van der Waals surface area contributed by atoms with E-state index < -0.39 is 5.54 Å². The van der Waals surface area contributed by atoms with Crippen LogP contribution in [-0.2, 0) is 29.8 Å². The second-order valence-corrected chi connectivity index (χ2v) is 15.6. The molecule has 62 heavy (non-hydrogen) atoms. The van der Waals surface area contributed by atoms with Gasteiger partial charge in [-0.2, -0.15) is 0 Å². The number of rotatable bonds is 14. The van der Waals surface area contributed by atoms with Crippen LogP contribution in [0.3, 0.4) is 0 Å². The average molecular weight is 820 g/mol. The quantitative estimate of drug-likeness (QED) is 0.0789. The van der Waals surface area contributed by atoms with Crippen molar-refractivity contribution in [3.05, 3.63) is 203 Å². The van der Waals surface area contributed by atoms with E-state index in [1.54, 1.807) is 0 Å². The van der Waals surface area contributed by atoms with Crippen molar-refractivity contribution in [1.82, 2.24) is 39.6 Å². The highest BCUT2D eigenvalue weighted by molar-refractivity contribution is 5.89. The van der Waals surface area contributed by atoms with E-state index in [-0.39, 0.29) is 5.97 Å². The number of imidazole rings is 1. The van der Waals surface area contributed by atoms with Gasteiger partial charge in [0.15, 0.2) is 11.5 Å². The minimum absolute atomic E-state index is 0.372. The molecule has 11 nitrogen and oxygen atoms in total. The number of methoxy groups -OCH3 is 1. The van der Waals surface area contributed by atoms with Gasteiger partial charge in [-0.1, -0.05) is 153 Å². The van der Waals surface area contributed by atoms with Crippen LogP contribution < -0.4 is 4.90 Å². The number of piperazine rings is 1. The molecule has 8 aromatic rings. The van der Waals surface area contributed by atoms with Crippen molar-refractivity contribution in [2.75, 3.05) is 38.2 Å². The Hall–Kier alpha value is -7.24. The van der Waals surface area contributed by atoms with Crippen molar-refractivity contribution >= 4 is 11.8 Å². The molecule has 0 aliphatic carbocycles. The molecule has 1 aliphatic rings. The normalized spacial score (nSPS) is 13.3. The maximum atomic E-state index is 13.6. The Bertz CT molecular complexity index is 2620. The molecule has 0 radical (unpaired) electrons. The minimum Gasteiger partial charge on any atom is -0.464 e. The van der Waals surface area contributed by atoms with E-state index in [0.29, 0.717) is 24.6 Å². The van der Waals surface area contributed by atoms with Gasteiger partial charge in [0.2, 0.25) is 0 Å². The predicted molar refractivity (Wildman–Crippen MR) is 242 cm³/mol. The molecule has 0 unspecified atom stereocenters. The third-order valence-corrected chi connectivity index (χ3v) is 11.8. The van der Waals surface area contributed by atoms with Gasteiger partial charge < -0.3 is 14.2 Å². The van der Waals surface area contributed by atoms with Gasteiger partial charge in [0.05, 0.1) is 12.8 Å². The molecule has 4 heterocycles. The topological polar surface area (TPSA) is 107 Å². The van der Waals surface area contributed by atoms with Crippen LogP contribution in [0.2, 0.25) is 0 Å². The zero-order chi connectivity index (χ0) is 42.3. The first-order valence-electron chi connectivity index (χ1n) is 21.3. The lowest BCUT2D eigenvalue weighted by Gasteiger charge is -2.36. The lowest BCUT2D eigenvalue weighted by atomic mass is 9.77. The number of ether oxygens (including phenoxy) is 1. The minimum atomic E-state index is -0.884. The summed E-state index contributed by atoms with van der Waals surface area (Å²) in [6.45, 7) is 6.58. The Kier molecular flexibility index (Phi) is 11.8. The number of carbonyl (C=O) groups excluding carboxylic acids is 1. The van der Waals surface area contributed by atoms with Crippen LogP contribution in [0.15, 0.2) is 164 Å². The van der Waals surface area contributed by atoms with Gasteiger partial charge in [-0.15, -0.1) is 5.10 Å². The molecule has 1 fully saturated rings. The number of carbonyl (C=O) groups is 1. The maximum Gasteiger partial charge on any atom is 0.356 e. The average Bonchev–Trinajstić information content (AvgIpc) is 3.96. The van der Waals surface area contributed by atoms with Crippen LogP contribution in [0, 0.1) is 0 Å². The number of hydrogen-bond acceptors (Lipinski definition) is 9. The first kappa shape index (κ1) is 40.2. The monoisotopic (exact) mass is 819 g/mol. The van der Waals surface area contributed by atoms with E-state index in [0.717, 1.165) is 95.3 Å². The molecule has 0 saturated carbocycles. The lowest BCUT2D eigenvalue weighted by molar-refractivity contribution is 0.0585. The van der Waals surface area contributed by atoms with Crippen molar-refractivity contribution in [2.45, 2.75) is 38.4 Å². The molecule has 1 saturated heterocycles. The van der Waals surface area contributed by atoms with Gasteiger partial charge in [-0.05, 0) is 62.4 Å². The maximum absolute atomic E-state index is 13.6. The predicted octanol–water partition coefficient (Wildman–Crippen LogP) is 8.55. The summed E-state index contributed by atoms with van der Waals surface area (Å²) in [4.78, 5) is 27.9. The molecular formula is C51H49N9O2. The number of tetrazole rings is 1. The molecule has 0 spiro atoms. The molecular weight excluding hydrogens is 771 g/mol. The van der Waals surface area contributed by atoms with Crippen molar-refractivity contribution < 1.29 is 9.53 Å². The molecule has 0 N–H and O–H groups in total. The van der Waals surface area contributed by atoms with Crippen molar-refractivity contribution in [3.8, 4) is 22.5 Å². The smallest absolute Gasteiger partial charge is 0.356 e. The van der Waals surface area contributed by atoms with E-state index in [2.05, 4.69) is 147 Å². The second-order valence-electron chi connectivity index (χ2n) is 15.6. The lowest BCUT2D eigenvalue weighted by Crippen LogP contribution is -2.46. The van der Waals surface area contributed by atoms with E-state index in [1.165, 1.54) is 7.11 Å². The van der Waals surface area contributed by atoms with Crippen LogP contribution in [-0.4, -0.2) is 78.9 Å². The highest BCUT2D eigenvalue weighted by Gasteiger charge is 2.42. The SMILES string of the molecule is CCCc1nc(CN2CCN(c3ccccn3)CC2)c(C(=O)OC)n1Cc1ccc(-c2ccccc2-c2nnnn2C(c2ccccc2)(c2ccccc2)c2ccccc2)cc1. The molecule has 11 heteroatoms. The Morgan fingerprint density at radius 3 is 1.85 bits per heavy atom. The molecule has 9 rings (SSSR count). The molecule has 0 bridgehead atoms. The summed E-state index contributed by atoms with van der Waals surface area (Å²) < 4.78 is 9.43. The highest BCUT2D eigenvalue weighted by atomic mass is 16.5. The molecule has 0 amide bonds. The van der Waals surface area contributed by atoms with Crippen LogP contribution in [0.1, 0.15) is 57.6 Å². The van der Waals surface area contributed by atoms with E-state index in [1.807, 2.05) is 53.3 Å². The third kappa shape index (κ3) is 7.78. The summed E-state index contributed by atoms with van der Waals surface area (Å²) in [5.74, 6) is 2.14. The zero-order valence-electron chi connectivity index (χ0n) is 35.1. The zero-order valence-corrected chi connectivity index (χ0v) is 35.1. The summed E-state index contributed by atoms with van der Waals surface area (Å²) in [6.07, 6.45) is 3.48. The van der Waals surface area contributed by atoms with Crippen molar-refractivity contribution in [1.29, 1.82) is 0 Å². The third-order valence-electron chi connectivity index (χ3n) is 11.8. The summed E-state index contributed by atoms with van der Waals surface area (Å²) in [6, 6.07) is 54.1. The van der Waals surface area contributed by atoms with Crippen LogP contribution >= 0.6 is 0 Å². The fourth-order valence-corrected chi connectivity index (χ4v) is 8.85. The van der Waals surface area contributed by atoms with E-state index in [9.17, 15) is 4.79 Å². The Balaban J connectivity index is 1.04. The largest absolute Gasteiger partial charge is 0.464 e. The number of aromatic nitrogens is 7. The Labute approximate surface area is 362 Å². The van der Waals surface area contributed by atoms with Crippen LogP contribution in [0.4, 0.5) is 5.82 Å². The molecule has 3 aromatic heterocycles. The van der Waals surface area contributed by atoms with Crippen LogP contribution in [0.25, 0.3) is 22.5 Å². The summed E-state index contributed by atoms with van der Waals surface area (Å²) >= 11 is 0. The van der Waals surface area contributed by atoms with Gasteiger partial charge in [0, 0.05) is 57.4 Å². The fourth-order valence-electron chi connectivity index (χ4n) is 8.85. The Morgan fingerprint density at radius 2 is 1.27 bits per heavy atom. The number of aryl methyl sites for hydroxylation is 1. The number of nitrogens with zero attached hydrogens (tertiary/aromatic N) is 9. The van der Waals surface area contributed by atoms with Gasteiger partial charge in [0.1, 0.15) is 17.2 Å². The first-order valence-corrected chi connectivity index (χ1v) is 21.3. The van der Waals surface area contributed by atoms with Gasteiger partial charge in [-0.3, -0.25) is 4.90 Å². The number of benzene rings is 5. The second kappa shape index (κ2) is 18.2. The number of pyridine rings is 1. The van der Waals surface area contributed by atoms with E-state index >= 15 is 0 Å². The van der Waals surface area contributed by atoms with Gasteiger partial charge >= 0.3 is 5.97 Å². The van der Waals surface area contributed by atoms with Crippen molar-refractivity contribution in [2.24, 2.45) is 0 Å². The number of anilines is 1. The Morgan fingerprint density at radius 1 is 0.677 bits per heavy atom. The number of esters is 1. The molecule has 0 atom stereocenters. The fraction of sp³-hybridized carbons (Fsp3) is 0.216. The highest BCUT2D eigenvalue weighted by Crippen LogP contribution is 2.43. The van der Waals surface area contributed by atoms with Gasteiger partial charge in [-0.25, -0.2) is 19.4 Å². The molecule has 1 aliphatic heterocycles. The number of hydrogen-bond donors (Lipinski definition) is 0. The summed E-state index contributed by atoms with van der Waals surface area (Å²) in [7, 11) is 1.45. The molecule has 310 valence electrons. The standard InChI is InChI=1S/C51H49N9O2/c1-3-17-47-53-45(37-57-32-34-58(35-33-57)46-26-15-16-31-52-46)48(50(61)62-2)59(47)36-38-27-29-39(30-28-38)43-24-13-14-25-44(43)49-54-55-56-60(49)51(40-18-7-4-8-19-40,41-20-9-5-10-21-41)42-22-11-6-12-23-42/h4-16,18-31H,3,17,32-37H2,1-2H3. The van der Waals surface area contributed by atoms with E-state index in [4.69, 9.17) is 20.0 Å². The van der Waals surface area contributed by atoms with Gasteiger partial charge in [0.25, 0.3) is 0 Å².